The fourth-order valence-electron chi connectivity index (χ4n) is 2.79. The highest BCUT2D eigenvalue weighted by Crippen LogP contribution is 2.17. The maximum atomic E-state index is 2.59. The third-order valence-electron chi connectivity index (χ3n) is 4.23. The van der Waals surface area contributed by atoms with Crippen LogP contribution < -0.4 is 0 Å². The van der Waals surface area contributed by atoms with Gasteiger partial charge in [-0.15, -0.1) is 0 Å². The molecule has 0 N–H and O–H groups in total. The summed E-state index contributed by atoms with van der Waals surface area (Å²) < 4.78 is 0. The fraction of sp³-hybridized carbons (Fsp3) is 1.00. The molecular weight excluding hydrogens is 230 g/mol. The molecule has 2 atom stereocenters. The molecule has 0 aliphatic rings. The van der Waals surface area contributed by atoms with Gasteiger partial charge >= 0.3 is 0 Å². The minimum atomic E-state index is 0. The van der Waals surface area contributed by atoms with Gasteiger partial charge in [-0.05, 0) is 31.7 Å². The van der Waals surface area contributed by atoms with Gasteiger partial charge in [0.25, 0.3) is 0 Å². The van der Waals surface area contributed by atoms with Crippen molar-refractivity contribution in [1.82, 2.24) is 4.90 Å². The van der Waals surface area contributed by atoms with Gasteiger partial charge in [0.05, 0.1) is 0 Å². The molecule has 1 nitrogen and oxygen atoms in total. The Morgan fingerprint density at radius 3 is 1.37 bits per heavy atom. The maximum Gasteiger partial charge on any atom is 0.000662 e. The normalized spacial score (nSPS) is 14.2. The Labute approximate surface area is 124 Å². The van der Waals surface area contributed by atoms with Crippen LogP contribution in [0.2, 0.25) is 0 Å². The van der Waals surface area contributed by atoms with Gasteiger partial charge in [-0.25, -0.2) is 0 Å². The van der Waals surface area contributed by atoms with Crippen LogP contribution in [-0.2, 0) is 0 Å². The molecule has 19 heavy (non-hydrogen) atoms. The van der Waals surface area contributed by atoms with E-state index in [9.17, 15) is 0 Å². The third-order valence-corrected chi connectivity index (χ3v) is 4.23. The highest BCUT2D eigenvalue weighted by molar-refractivity contribution is 4.67. The lowest BCUT2D eigenvalue weighted by Crippen LogP contribution is -2.30. The minimum absolute atomic E-state index is 0. The Balaban J connectivity index is 0. The molecule has 0 aromatic carbocycles. The molecule has 0 spiro atoms. The van der Waals surface area contributed by atoms with E-state index in [0.29, 0.717) is 0 Å². The summed E-state index contributed by atoms with van der Waals surface area (Å²) in [5.74, 6) is 1.83. The van der Waals surface area contributed by atoms with E-state index in [1.54, 1.807) is 0 Å². The molecule has 0 aliphatic carbocycles. The molecular formula is C18H41N. The summed E-state index contributed by atoms with van der Waals surface area (Å²) in [5, 5.41) is 0. The lowest BCUT2D eigenvalue weighted by molar-refractivity contribution is 0.216. The molecule has 118 valence electrons. The predicted molar refractivity (Wildman–Crippen MR) is 90.8 cm³/mol. The van der Waals surface area contributed by atoms with Crippen molar-refractivity contribution in [1.29, 1.82) is 0 Å². The maximum absolute atomic E-state index is 2.59. The van der Waals surface area contributed by atoms with E-state index in [2.05, 4.69) is 39.6 Å². The number of hydrogen-bond acceptors (Lipinski definition) is 1. The molecule has 0 heterocycles. The molecule has 0 aromatic rings. The van der Waals surface area contributed by atoms with Crippen LogP contribution in [0.5, 0.6) is 0 Å². The summed E-state index contributed by atoms with van der Waals surface area (Å²) in [6, 6.07) is 0. The number of rotatable bonds is 12. The van der Waals surface area contributed by atoms with E-state index in [1.807, 2.05) is 0 Å². The number of hydrogen-bond donors (Lipinski definition) is 0. The molecule has 0 rings (SSSR count). The monoisotopic (exact) mass is 271 g/mol. The van der Waals surface area contributed by atoms with Gasteiger partial charge in [-0.3, -0.25) is 0 Å². The van der Waals surface area contributed by atoms with Gasteiger partial charge in [0.1, 0.15) is 0 Å². The van der Waals surface area contributed by atoms with Gasteiger partial charge in [0.2, 0.25) is 0 Å². The first-order valence-electron chi connectivity index (χ1n) is 8.36. The van der Waals surface area contributed by atoms with Crippen LogP contribution in [0.25, 0.3) is 0 Å². The fourth-order valence-corrected chi connectivity index (χ4v) is 2.79. The second-order valence-corrected chi connectivity index (χ2v) is 6.05. The third kappa shape index (κ3) is 11.5. The summed E-state index contributed by atoms with van der Waals surface area (Å²) in [5.41, 5.74) is 0. The van der Waals surface area contributed by atoms with E-state index >= 15 is 0 Å². The molecule has 0 bridgehead atoms. The molecule has 0 radical (unpaired) electrons. The van der Waals surface area contributed by atoms with Crippen molar-refractivity contribution in [3.05, 3.63) is 0 Å². The van der Waals surface area contributed by atoms with Gasteiger partial charge in [0, 0.05) is 13.1 Å². The van der Waals surface area contributed by atoms with Crippen molar-refractivity contribution in [2.75, 3.05) is 20.1 Å². The molecule has 0 saturated carbocycles. The standard InChI is InChI=1S/C17H37N.CH4/c1-6-10-12-16(8-3)14-18(5)15-17(9-4)13-11-7-2;/h16-17H,6-15H2,1-5H3;1H4. The van der Waals surface area contributed by atoms with Gasteiger partial charge in [0.15, 0.2) is 0 Å². The summed E-state index contributed by atoms with van der Waals surface area (Å²) in [7, 11) is 2.32. The van der Waals surface area contributed by atoms with Crippen LogP contribution in [0.1, 0.15) is 86.5 Å². The van der Waals surface area contributed by atoms with Crippen molar-refractivity contribution < 1.29 is 0 Å². The Hall–Kier alpha value is -0.0400. The summed E-state index contributed by atoms with van der Waals surface area (Å²) in [4.78, 5) is 2.59. The molecule has 0 fully saturated rings. The zero-order valence-corrected chi connectivity index (χ0v) is 13.7. The van der Waals surface area contributed by atoms with Crippen LogP contribution in [0.4, 0.5) is 0 Å². The Bertz CT molecular complexity index is 149. The predicted octanol–water partition coefficient (Wildman–Crippen LogP) is 5.99. The second kappa shape index (κ2) is 14.4. The molecule has 0 aliphatic heterocycles. The van der Waals surface area contributed by atoms with Crippen molar-refractivity contribution in [3.63, 3.8) is 0 Å². The van der Waals surface area contributed by atoms with E-state index in [1.165, 1.54) is 64.5 Å². The first kappa shape index (κ1) is 21.3. The van der Waals surface area contributed by atoms with Crippen LogP contribution in [0.3, 0.4) is 0 Å². The van der Waals surface area contributed by atoms with E-state index in [4.69, 9.17) is 0 Å². The van der Waals surface area contributed by atoms with E-state index in [0.717, 1.165) is 11.8 Å². The SMILES string of the molecule is C.CCCCC(CC)CN(C)CC(CC)CCCC. The first-order chi connectivity index (χ1) is 8.67. The van der Waals surface area contributed by atoms with Crippen LogP contribution >= 0.6 is 0 Å². The molecule has 0 saturated heterocycles. The first-order valence-corrected chi connectivity index (χ1v) is 8.36. The smallest absolute Gasteiger partial charge is 0.000662 e. The van der Waals surface area contributed by atoms with Crippen LogP contribution in [0, 0.1) is 11.8 Å². The van der Waals surface area contributed by atoms with Gasteiger partial charge < -0.3 is 4.90 Å². The molecule has 0 aromatic heterocycles. The lowest BCUT2D eigenvalue weighted by Gasteiger charge is -2.27. The van der Waals surface area contributed by atoms with Crippen molar-refractivity contribution >= 4 is 0 Å². The van der Waals surface area contributed by atoms with E-state index < -0.39 is 0 Å². The molecule has 0 amide bonds. The lowest BCUT2D eigenvalue weighted by atomic mass is 9.96. The molecule has 2 unspecified atom stereocenters. The topological polar surface area (TPSA) is 3.24 Å². The Kier molecular flexibility index (Phi) is 16.1. The zero-order valence-electron chi connectivity index (χ0n) is 13.7. The number of unbranched alkanes of at least 4 members (excludes halogenated alkanes) is 2. The zero-order chi connectivity index (χ0) is 13.8. The van der Waals surface area contributed by atoms with Crippen molar-refractivity contribution in [2.45, 2.75) is 86.5 Å². The van der Waals surface area contributed by atoms with Gasteiger partial charge in [-0.1, -0.05) is 73.6 Å². The van der Waals surface area contributed by atoms with Crippen LogP contribution in [-0.4, -0.2) is 25.0 Å². The summed E-state index contributed by atoms with van der Waals surface area (Å²) in [6.07, 6.45) is 11.0. The minimum Gasteiger partial charge on any atom is -0.306 e. The Morgan fingerprint density at radius 2 is 1.11 bits per heavy atom. The van der Waals surface area contributed by atoms with Crippen molar-refractivity contribution in [3.8, 4) is 0 Å². The second-order valence-electron chi connectivity index (χ2n) is 6.05. The van der Waals surface area contributed by atoms with Crippen LogP contribution in [0.15, 0.2) is 0 Å². The van der Waals surface area contributed by atoms with E-state index in [-0.39, 0.29) is 7.43 Å². The summed E-state index contributed by atoms with van der Waals surface area (Å²) >= 11 is 0. The highest BCUT2D eigenvalue weighted by atomic mass is 15.1. The quantitative estimate of drug-likeness (QED) is 0.421. The highest BCUT2D eigenvalue weighted by Gasteiger charge is 2.13. The average molecular weight is 272 g/mol. The van der Waals surface area contributed by atoms with Crippen molar-refractivity contribution in [2.24, 2.45) is 11.8 Å². The summed E-state index contributed by atoms with van der Waals surface area (Å²) in [6.45, 7) is 11.9. The average Bonchev–Trinajstić information content (AvgIpc) is 2.39. The molecule has 1 heteroatoms. The largest absolute Gasteiger partial charge is 0.306 e. The Morgan fingerprint density at radius 1 is 0.737 bits per heavy atom. The van der Waals surface area contributed by atoms with Gasteiger partial charge in [-0.2, -0.15) is 0 Å². The number of nitrogens with zero attached hydrogens (tertiary/aromatic N) is 1.